The molecule has 4 rings (SSSR count). The average molecular weight is 397 g/mol. The Kier molecular flexibility index (Phi) is 4.47. The Balaban J connectivity index is 1.56. The highest BCUT2D eigenvalue weighted by Crippen LogP contribution is 2.47. The SMILES string of the molecule is Cc1c([C@H](C)n2cc(C(=O)OC(C)(C)C)nn2)cnc(N2C[C@H]3C[C@H]3C2=O)c1C. The van der Waals surface area contributed by atoms with Crippen LogP contribution in [0.5, 0.6) is 0 Å². The van der Waals surface area contributed by atoms with Gasteiger partial charge in [-0.2, -0.15) is 0 Å². The lowest BCUT2D eigenvalue weighted by molar-refractivity contribution is -0.118. The van der Waals surface area contributed by atoms with E-state index in [-0.39, 0.29) is 23.6 Å². The van der Waals surface area contributed by atoms with Crippen LogP contribution < -0.4 is 4.90 Å². The van der Waals surface area contributed by atoms with Crippen LogP contribution in [-0.4, -0.2) is 44.0 Å². The highest BCUT2D eigenvalue weighted by atomic mass is 16.6. The number of esters is 1. The first kappa shape index (κ1) is 19.5. The van der Waals surface area contributed by atoms with E-state index in [4.69, 9.17) is 4.74 Å². The van der Waals surface area contributed by atoms with E-state index in [1.165, 1.54) is 0 Å². The first-order valence-corrected chi connectivity index (χ1v) is 9.99. The zero-order valence-corrected chi connectivity index (χ0v) is 17.8. The van der Waals surface area contributed by atoms with Gasteiger partial charge in [-0.25, -0.2) is 14.5 Å². The number of hydrogen-bond donors (Lipinski definition) is 0. The number of nitrogens with zero attached hydrogens (tertiary/aromatic N) is 5. The van der Waals surface area contributed by atoms with E-state index in [1.807, 2.05) is 46.4 Å². The molecule has 0 bridgehead atoms. The predicted molar refractivity (Wildman–Crippen MR) is 107 cm³/mol. The van der Waals surface area contributed by atoms with Crippen molar-refractivity contribution in [3.63, 3.8) is 0 Å². The number of pyridine rings is 1. The summed E-state index contributed by atoms with van der Waals surface area (Å²) in [5.74, 6) is 1.16. The highest BCUT2D eigenvalue weighted by molar-refractivity contribution is 5.99. The summed E-state index contributed by atoms with van der Waals surface area (Å²) in [5, 5.41) is 8.08. The van der Waals surface area contributed by atoms with E-state index in [1.54, 1.807) is 17.1 Å². The van der Waals surface area contributed by atoms with Gasteiger partial charge in [0.15, 0.2) is 5.69 Å². The third kappa shape index (κ3) is 3.52. The fourth-order valence-corrected chi connectivity index (χ4v) is 3.90. The number of amides is 1. The second-order valence-corrected chi connectivity index (χ2v) is 9.10. The van der Waals surface area contributed by atoms with Crippen LogP contribution in [0.1, 0.15) is 67.3 Å². The number of carbonyl (C=O) groups excluding carboxylic acids is 2. The van der Waals surface area contributed by atoms with E-state index in [0.29, 0.717) is 5.92 Å². The smallest absolute Gasteiger partial charge is 0.361 e. The lowest BCUT2D eigenvalue weighted by Gasteiger charge is -2.23. The number of anilines is 1. The van der Waals surface area contributed by atoms with Crippen LogP contribution in [-0.2, 0) is 9.53 Å². The normalized spacial score (nSPS) is 21.9. The van der Waals surface area contributed by atoms with Gasteiger partial charge in [0.25, 0.3) is 0 Å². The number of carbonyl (C=O) groups is 2. The third-order valence-electron chi connectivity index (χ3n) is 5.80. The molecule has 1 saturated heterocycles. The van der Waals surface area contributed by atoms with Gasteiger partial charge < -0.3 is 4.74 Å². The summed E-state index contributed by atoms with van der Waals surface area (Å²) in [6.45, 7) is 12.2. The van der Waals surface area contributed by atoms with E-state index >= 15 is 0 Å². The van der Waals surface area contributed by atoms with Gasteiger partial charge in [0.05, 0.1) is 12.2 Å². The molecule has 2 aromatic rings. The second kappa shape index (κ2) is 6.64. The Morgan fingerprint density at radius 1 is 1.28 bits per heavy atom. The van der Waals surface area contributed by atoms with Crippen molar-refractivity contribution in [1.82, 2.24) is 20.0 Å². The molecule has 0 unspecified atom stereocenters. The Labute approximate surface area is 170 Å². The molecule has 0 N–H and O–H groups in total. The van der Waals surface area contributed by atoms with Gasteiger partial charge in [-0.3, -0.25) is 9.69 Å². The molecule has 1 saturated carbocycles. The number of fused-ring (bicyclic) bond motifs is 1. The van der Waals surface area contributed by atoms with Gasteiger partial charge in [-0.15, -0.1) is 5.10 Å². The molecule has 29 heavy (non-hydrogen) atoms. The van der Waals surface area contributed by atoms with E-state index < -0.39 is 11.6 Å². The lowest BCUT2D eigenvalue weighted by Crippen LogP contribution is -2.30. The summed E-state index contributed by atoms with van der Waals surface area (Å²) in [7, 11) is 0. The number of rotatable bonds is 4. The molecule has 3 atom stereocenters. The molecule has 2 aliphatic rings. The maximum absolute atomic E-state index is 12.4. The summed E-state index contributed by atoms with van der Waals surface area (Å²) in [4.78, 5) is 31.1. The van der Waals surface area contributed by atoms with E-state index in [2.05, 4.69) is 15.3 Å². The van der Waals surface area contributed by atoms with Gasteiger partial charge in [0.1, 0.15) is 11.4 Å². The number of aromatic nitrogens is 4. The molecule has 8 nitrogen and oxygen atoms in total. The summed E-state index contributed by atoms with van der Waals surface area (Å²) in [6.07, 6.45) is 4.42. The molecule has 0 spiro atoms. The summed E-state index contributed by atoms with van der Waals surface area (Å²) >= 11 is 0. The molecular weight excluding hydrogens is 370 g/mol. The number of ether oxygens (including phenoxy) is 1. The third-order valence-corrected chi connectivity index (χ3v) is 5.80. The maximum Gasteiger partial charge on any atom is 0.361 e. The molecule has 2 fully saturated rings. The van der Waals surface area contributed by atoms with Crippen molar-refractivity contribution in [2.45, 2.75) is 59.6 Å². The minimum Gasteiger partial charge on any atom is -0.455 e. The van der Waals surface area contributed by atoms with Crippen LogP contribution in [0.15, 0.2) is 12.4 Å². The Morgan fingerprint density at radius 2 is 2.00 bits per heavy atom. The molecular formula is C21H27N5O3. The number of hydrogen-bond acceptors (Lipinski definition) is 6. The van der Waals surface area contributed by atoms with Gasteiger partial charge in [-0.1, -0.05) is 5.21 Å². The van der Waals surface area contributed by atoms with Crippen molar-refractivity contribution in [3.8, 4) is 0 Å². The monoisotopic (exact) mass is 397 g/mol. The molecule has 0 radical (unpaired) electrons. The second-order valence-electron chi connectivity index (χ2n) is 9.10. The lowest BCUT2D eigenvalue weighted by atomic mass is 10.0. The molecule has 3 heterocycles. The van der Waals surface area contributed by atoms with Crippen LogP contribution >= 0.6 is 0 Å². The largest absolute Gasteiger partial charge is 0.455 e. The van der Waals surface area contributed by atoms with Gasteiger partial charge in [0.2, 0.25) is 5.91 Å². The summed E-state index contributed by atoms with van der Waals surface area (Å²) < 4.78 is 6.99. The van der Waals surface area contributed by atoms with Crippen LogP contribution in [0.2, 0.25) is 0 Å². The van der Waals surface area contributed by atoms with Crippen molar-refractivity contribution in [2.24, 2.45) is 11.8 Å². The zero-order chi connectivity index (χ0) is 21.1. The van der Waals surface area contributed by atoms with Crippen molar-refractivity contribution in [2.75, 3.05) is 11.4 Å². The minimum absolute atomic E-state index is 0.165. The first-order chi connectivity index (χ1) is 13.6. The average Bonchev–Trinajstić information content (AvgIpc) is 3.09. The quantitative estimate of drug-likeness (QED) is 0.737. The fraction of sp³-hybridized carbons (Fsp3) is 0.571. The molecule has 2 aromatic heterocycles. The van der Waals surface area contributed by atoms with Crippen LogP contribution in [0.3, 0.4) is 0 Å². The Morgan fingerprint density at radius 3 is 2.62 bits per heavy atom. The molecule has 154 valence electrons. The zero-order valence-electron chi connectivity index (χ0n) is 17.8. The molecule has 1 aliphatic heterocycles. The van der Waals surface area contributed by atoms with E-state index in [0.717, 1.165) is 35.5 Å². The van der Waals surface area contributed by atoms with Gasteiger partial charge in [-0.05, 0) is 70.6 Å². The standard InChI is InChI=1S/C21H27N5O3/c1-11-12(2)18(25-9-14-7-15(14)19(25)27)22-8-16(11)13(3)26-10-17(23-24-26)20(28)29-21(4,5)6/h8,10,13-15H,7,9H2,1-6H3/t13-,14+,15+/m0/s1. The van der Waals surface area contributed by atoms with Crippen molar-refractivity contribution in [1.29, 1.82) is 0 Å². The van der Waals surface area contributed by atoms with E-state index in [9.17, 15) is 9.59 Å². The Hall–Kier alpha value is -2.77. The maximum atomic E-state index is 12.4. The fourth-order valence-electron chi connectivity index (χ4n) is 3.90. The topological polar surface area (TPSA) is 90.2 Å². The van der Waals surface area contributed by atoms with Crippen LogP contribution in [0.4, 0.5) is 5.82 Å². The number of piperidine rings is 1. The highest BCUT2D eigenvalue weighted by Gasteiger charge is 2.53. The first-order valence-electron chi connectivity index (χ1n) is 9.99. The van der Waals surface area contributed by atoms with Crippen molar-refractivity contribution >= 4 is 17.7 Å². The molecule has 0 aromatic carbocycles. The van der Waals surface area contributed by atoms with Crippen LogP contribution in [0, 0.1) is 25.7 Å². The summed E-state index contributed by atoms with van der Waals surface area (Å²) in [5.41, 5.74) is 2.62. The van der Waals surface area contributed by atoms with Gasteiger partial charge in [0, 0.05) is 18.7 Å². The predicted octanol–water partition coefficient (Wildman–Crippen LogP) is 2.84. The summed E-state index contributed by atoms with van der Waals surface area (Å²) in [6, 6.07) is -0.165. The molecule has 8 heteroatoms. The molecule has 1 aliphatic carbocycles. The molecule has 1 amide bonds. The van der Waals surface area contributed by atoms with Crippen molar-refractivity contribution in [3.05, 3.63) is 34.8 Å². The van der Waals surface area contributed by atoms with Crippen molar-refractivity contribution < 1.29 is 14.3 Å². The van der Waals surface area contributed by atoms with Crippen LogP contribution in [0.25, 0.3) is 0 Å². The Bertz CT molecular complexity index is 991. The van der Waals surface area contributed by atoms with Gasteiger partial charge >= 0.3 is 5.97 Å². The minimum atomic E-state index is -0.590.